The van der Waals surface area contributed by atoms with Crippen molar-refractivity contribution in [3.63, 3.8) is 0 Å². The monoisotopic (exact) mass is 215 g/mol. The van der Waals surface area contributed by atoms with E-state index in [2.05, 4.69) is 25.2 Å². The summed E-state index contributed by atoms with van der Waals surface area (Å²) in [5.74, 6) is 0. The molecule has 0 fully saturated rings. The van der Waals surface area contributed by atoms with Crippen LogP contribution in [-0.2, 0) is 0 Å². The van der Waals surface area contributed by atoms with Gasteiger partial charge < -0.3 is 5.32 Å². The van der Waals surface area contributed by atoms with E-state index in [1.165, 1.54) is 10.5 Å². The lowest BCUT2D eigenvalue weighted by Crippen LogP contribution is -2.14. The highest BCUT2D eigenvalue weighted by Gasteiger charge is 1.94. The van der Waals surface area contributed by atoms with Gasteiger partial charge in [0.25, 0.3) is 0 Å². The molecule has 0 atom stereocenters. The van der Waals surface area contributed by atoms with Crippen LogP contribution in [0.4, 0.5) is 0 Å². The minimum absolute atomic E-state index is 0.826. The summed E-state index contributed by atoms with van der Waals surface area (Å²) in [5.41, 5.74) is 1.33. The van der Waals surface area contributed by atoms with E-state index in [-0.39, 0.29) is 0 Å². The molecule has 0 spiro atoms. The van der Waals surface area contributed by atoms with Gasteiger partial charge >= 0.3 is 0 Å². The van der Waals surface area contributed by atoms with Crippen molar-refractivity contribution in [2.75, 3.05) is 13.1 Å². The lowest BCUT2D eigenvalue weighted by Gasteiger charge is -2.00. The first-order valence-corrected chi connectivity index (χ1v) is 5.60. The zero-order chi connectivity index (χ0) is 9.68. The Hall–Kier alpha value is -0.310. The molecule has 0 aliphatic rings. The molecule has 1 aromatic heterocycles. The Morgan fingerprint density at radius 1 is 1.69 bits per heavy atom. The van der Waals surface area contributed by atoms with Crippen molar-refractivity contribution < 1.29 is 0 Å². The summed E-state index contributed by atoms with van der Waals surface area (Å²) in [5, 5.41) is 6.06. The molecule has 0 aliphatic heterocycles. The Morgan fingerprint density at radius 2 is 2.46 bits per heavy atom. The van der Waals surface area contributed by atoms with Gasteiger partial charge in [0.15, 0.2) is 0 Å². The fourth-order valence-electron chi connectivity index (χ4n) is 1.02. The van der Waals surface area contributed by atoms with Crippen LogP contribution in [0.1, 0.15) is 18.7 Å². The predicted octanol–water partition coefficient (Wildman–Crippen LogP) is 3.41. The number of rotatable bonds is 4. The van der Waals surface area contributed by atoms with Gasteiger partial charge in [0, 0.05) is 16.8 Å². The van der Waals surface area contributed by atoms with Gasteiger partial charge in [0.2, 0.25) is 0 Å². The average molecular weight is 216 g/mol. The first-order chi connectivity index (χ1) is 6.22. The molecule has 0 radical (unpaired) electrons. The van der Waals surface area contributed by atoms with Crippen molar-refractivity contribution in [3.8, 4) is 0 Å². The number of hydrogen-bond donors (Lipinski definition) is 1. The third-order valence-electron chi connectivity index (χ3n) is 1.63. The predicted molar refractivity (Wildman–Crippen MR) is 61.5 cm³/mol. The molecule has 1 nitrogen and oxygen atoms in total. The molecular formula is C10H14ClNS. The van der Waals surface area contributed by atoms with Gasteiger partial charge in [-0.3, -0.25) is 0 Å². The van der Waals surface area contributed by atoms with E-state index in [0.29, 0.717) is 0 Å². The van der Waals surface area contributed by atoms with Gasteiger partial charge in [0.05, 0.1) is 5.02 Å². The van der Waals surface area contributed by atoms with E-state index in [1.807, 2.05) is 11.4 Å². The van der Waals surface area contributed by atoms with E-state index >= 15 is 0 Å². The minimum atomic E-state index is 0.826. The van der Waals surface area contributed by atoms with Gasteiger partial charge in [-0.25, -0.2) is 0 Å². The summed E-state index contributed by atoms with van der Waals surface area (Å²) in [7, 11) is 0. The summed E-state index contributed by atoms with van der Waals surface area (Å²) in [6.45, 7) is 6.19. The van der Waals surface area contributed by atoms with Gasteiger partial charge in [-0.15, -0.1) is 11.3 Å². The molecule has 1 N–H and O–H groups in total. The Bertz CT molecular complexity index is 291. The third-order valence-corrected chi connectivity index (χ3v) is 2.86. The van der Waals surface area contributed by atoms with Crippen LogP contribution < -0.4 is 5.32 Å². The van der Waals surface area contributed by atoms with Crippen LogP contribution in [0.2, 0.25) is 5.02 Å². The summed E-state index contributed by atoms with van der Waals surface area (Å²) in [6, 6.07) is 1.99. The van der Waals surface area contributed by atoms with E-state index in [4.69, 9.17) is 11.6 Å². The highest BCUT2D eigenvalue weighted by atomic mass is 35.5. The van der Waals surface area contributed by atoms with Crippen molar-refractivity contribution >= 4 is 29.0 Å². The van der Waals surface area contributed by atoms with Gasteiger partial charge in [-0.1, -0.05) is 24.1 Å². The molecule has 0 saturated heterocycles. The normalized spacial score (nSPS) is 12.1. The molecule has 0 aliphatic carbocycles. The Balaban J connectivity index is 2.54. The van der Waals surface area contributed by atoms with Crippen LogP contribution in [0.25, 0.3) is 6.08 Å². The lowest BCUT2D eigenvalue weighted by atomic mass is 10.2. The number of thiophene rings is 1. The van der Waals surface area contributed by atoms with E-state index in [0.717, 1.165) is 18.1 Å². The minimum Gasteiger partial charge on any atom is -0.313 e. The third kappa shape index (κ3) is 3.94. The Morgan fingerprint density at radius 3 is 3.00 bits per heavy atom. The smallest absolute Gasteiger partial charge is 0.0519 e. The van der Waals surface area contributed by atoms with Crippen molar-refractivity contribution in [3.05, 3.63) is 26.9 Å². The second-order valence-electron chi connectivity index (χ2n) is 2.94. The first-order valence-electron chi connectivity index (χ1n) is 4.34. The Labute approximate surface area is 88.4 Å². The molecular weight excluding hydrogens is 202 g/mol. The second-order valence-corrected chi connectivity index (χ2v) is 4.32. The first kappa shape index (κ1) is 10.8. The largest absolute Gasteiger partial charge is 0.313 e. The van der Waals surface area contributed by atoms with Crippen LogP contribution in [0.15, 0.2) is 17.0 Å². The zero-order valence-electron chi connectivity index (χ0n) is 7.93. The summed E-state index contributed by atoms with van der Waals surface area (Å²) in [6.07, 6.45) is 2.17. The maximum Gasteiger partial charge on any atom is 0.0519 e. The number of likely N-dealkylation sites (N-methyl/N-ethyl adjacent to an activating group) is 1. The van der Waals surface area contributed by atoms with Crippen molar-refractivity contribution in [2.24, 2.45) is 0 Å². The van der Waals surface area contributed by atoms with Crippen LogP contribution in [0, 0.1) is 0 Å². The molecule has 0 saturated carbocycles. The quantitative estimate of drug-likeness (QED) is 0.812. The molecule has 0 unspecified atom stereocenters. The number of halogens is 1. The topological polar surface area (TPSA) is 12.0 Å². The molecule has 1 rings (SSSR count). The van der Waals surface area contributed by atoms with Gasteiger partial charge in [0.1, 0.15) is 0 Å². The van der Waals surface area contributed by atoms with Crippen molar-refractivity contribution in [1.82, 2.24) is 5.32 Å². The molecule has 13 heavy (non-hydrogen) atoms. The van der Waals surface area contributed by atoms with Gasteiger partial charge in [-0.2, -0.15) is 0 Å². The number of hydrogen-bond acceptors (Lipinski definition) is 2. The van der Waals surface area contributed by atoms with E-state index < -0.39 is 0 Å². The fraction of sp³-hybridized carbons (Fsp3) is 0.400. The summed E-state index contributed by atoms with van der Waals surface area (Å²) < 4.78 is 0. The van der Waals surface area contributed by atoms with Gasteiger partial charge in [-0.05, 0) is 25.6 Å². The molecule has 0 bridgehead atoms. The van der Waals surface area contributed by atoms with Crippen molar-refractivity contribution in [1.29, 1.82) is 0 Å². The van der Waals surface area contributed by atoms with Crippen LogP contribution in [0.3, 0.4) is 0 Å². The molecule has 1 heterocycles. The molecule has 72 valence electrons. The zero-order valence-corrected chi connectivity index (χ0v) is 9.50. The van der Waals surface area contributed by atoms with Crippen LogP contribution in [0.5, 0.6) is 0 Å². The molecule has 3 heteroatoms. The van der Waals surface area contributed by atoms with E-state index in [1.54, 1.807) is 11.3 Å². The average Bonchev–Trinajstić information content (AvgIpc) is 2.48. The second kappa shape index (κ2) is 5.43. The maximum absolute atomic E-state index is 5.81. The molecule has 1 aromatic rings. The fourth-order valence-corrected chi connectivity index (χ4v) is 2.12. The Kier molecular flexibility index (Phi) is 4.50. The molecule has 0 amide bonds. The van der Waals surface area contributed by atoms with E-state index in [9.17, 15) is 0 Å². The van der Waals surface area contributed by atoms with Crippen molar-refractivity contribution in [2.45, 2.75) is 13.8 Å². The number of nitrogens with one attached hydrogen (secondary N) is 1. The lowest BCUT2D eigenvalue weighted by molar-refractivity contribution is 0.779. The highest BCUT2D eigenvalue weighted by Crippen LogP contribution is 2.21. The highest BCUT2D eigenvalue weighted by molar-refractivity contribution is 7.11. The van der Waals surface area contributed by atoms with Crippen LogP contribution >= 0.6 is 22.9 Å². The van der Waals surface area contributed by atoms with Crippen LogP contribution in [-0.4, -0.2) is 13.1 Å². The summed E-state index contributed by atoms with van der Waals surface area (Å²) in [4.78, 5) is 1.22. The molecule has 0 aromatic carbocycles. The standard InChI is InChI=1S/C10H14ClNS/c1-3-12-6-8(2)4-10-5-9(11)7-13-10/h4-5,7,12H,3,6H2,1-2H3. The SMILES string of the molecule is CCNCC(C)=Cc1cc(Cl)cs1. The maximum atomic E-state index is 5.81. The summed E-state index contributed by atoms with van der Waals surface area (Å²) >= 11 is 7.49.